The van der Waals surface area contributed by atoms with E-state index in [2.05, 4.69) is 12.2 Å². The zero-order valence-corrected chi connectivity index (χ0v) is 18.1. The lowest BCUT2D eigenvalue weighted by Gasteiger charge is -2.31. The number of unbranched alkanes of at least 4 members (excludes halogenated alkanes) is 1. The summed E-state index contributed by atoms with van der Waals surface area (Å²) >= 11 is 6.24. The molecule has 2 rings (SSSR count). The highest BCUT2D eigenvalue weighted by atomic mass is 35.5. The normalized spacial score (nSPS) is 11.7. The third kappa shape index (κ3) is 7.21. The molecule has 1 atom stereocenters. The topological polar surface area (TPSA) is 49.4 Å². The average Bonchev–Trinajstić information content (AvgIpc) is 2.73. The molecule has 156 valence electrons. The minimum atomic E-state index is -0.481. The van der Waals surface area contributed by atoms with Gasteiger partial charge in [0.1, 0.15) is 6.04 Å². The third-order valence-corrected chi connectivity index (χ3v) is 5.35. The first kappa shape index (κ1) is 23.0. The second-order valence-corrected chi connectivity index (χ2v) is 7.57. The van der Waals surface area contributed by atoms with Crippen LogP contribution in [-0.4, -0.2) is 29.3 Å². The van der Waals surface area contributed by atoms with Crippen molar-refractivity contribution in [1.29, 1.82) is 0 Å². The zero-order chi connectivity index (χ0) is 21.1. The van der Waals surface area contributed by atoms with Crippen LogP contribution >= 0.6 is 11.6 Å². The van der Waals surface area contributed by atoms with Gasteiger partial charge in [0.05, 0.1) is 0 Å². The van der Waals surface area contributed by atoms with Gasteiger partial charge < -0.3 is 10.2 Å². The molecule has 0 heterocycles. The number of carbonyl (C=O) groups is 2. The SMILES string of the molecule is CCCCNC(=O)[C@H](CC)N(Cc1ccccc1)C(=O)CCc1ccccc1Cl. The van der Waals surface area contributed by atoms with Gasteiger partial charge in [0, 0.05) is 24.5 Å². The largest absolute Gasteiger partial charge is 0.354 e. The maximum Gasteiger partial charge on any atom is 0.242 e. The summed E-state index contributed by atoms with van der Waals surface area (Å²) in [6.07, 6.45) is 3.39. The fourth-order valence-electron chi connectivity index (χ4n) is 3.29. The molecule has 0 aliphatic heterocycles. The Labute approximate surface area is 179 Å². The molecule has 0 radical (unpaired) electrons. The molecule has 2 aromatic rings. The summed E-state index contributed by atoms with van der Waals surface area (Å²) in [5.74, 6) is -0.116. The number of amides is 2. The highest BCUT2D eigenvalue weighted by molar-refractivity contribution is 6.31. The fraction of sp³-hybridized carbons (Fsp3) is 0.417. The van der Waals surface area contributed by atoms with Crippen LogP contribution in [0.5, 0.6) is 0 Å². The summed E-state index contributed by atoms with van der Waals surface area (Å²) in [6.45, 7) is 5.09. The van der Waals surface area contributed by atoms with Crippen molar-refractivity contribution in [2.75, 3.05) is 6.54 Å². The van der Waals surface area contributed by atoms with Gasteiger partial charge in [-0.05, 0) is 36.5 Å². The Kier molecular flexibility index (Phi) is 9.72. The van der Waals surface area contributed by atoms with E-state index in [9.17, 15) is 9.59 Å². The van der Waals surface area contributed by atoms with E-state index in [1.165, 1.54) is 0 Å². The number of benzene rings is 2. The molecule has 0 aromatic heterocycles. The van der Waals surface area contributed by atoms with E-state index in [1.807, 2.05) is 61.5 Å². The van der Waals surface area contributed by atoms with Crippen molar-refractivity contribution < 1.29 is 9.59 Å². The lowest BCUT2D eigenvalue weighted by molar-refractivity contribution is -0.141. The van der Waals surface area contributed by atoms with Crippen LogP contribution in [-0.2, 0) is 22.6 Å². The van der Waals surface area contributed by atoms with E-state index in [4.69, 9.17) is 11.6 Å². The molecule has 1 N–H and O–H groups in total. The molecule has 0 bridgehead atoms. The van der Waals surface area contributed by atoms with Crippen LogP contribution in [0.2, 0.25) is 5.02 Å². The molecular weight excluding hydrogens is 384 g/mol. The molecule has 5 heteroatoms. The highest BCUT2D eigenvalue weighted by Gasteiger charge is 2.28. The van der Waals surface area contributed by atoms with E-state index < -0.39 is 6.04 Å². The Hall–Kier alpha value is -2.33. The monoisotopic (exact) mass is 414 g/mol. The van der Waals surface area contributed by atoms with Crippen molar-refractivity contribution in [3.63, 3.8) is 0 Å². The molecule has 4 nitrogen and oxygen atoms in total. The Bertz CT molecular complexity index is 779. The van der Waals surface area contributed by atoms with E-state index in [0.29, 0.717) is 37.4 Å². The van der Waals surface area contributed by atoms with Gasteiger partial charge in [-0.25, -0.2) is 0 Å². The average molecular weight is 415 g/mol. The zero-order valence-electron chi connectivity index (χ0n) is 17.4. The molecule has 2 aromatic carbocycles. The number of hydrogen-bond acceptors (Lipinski definition) is 2. The molecular formula is C24H31ClN2O2. The van der Waals surface area contributed by atoms with Gasteiger partial charge >= 0.3 is 0 Å². The summed E-state index contributed by atoms with van der Waals surface area (Å²) < 4.78 is 0. The first-order chi connectivity index (χ1) is 14.1. The van der Waals surface area contributed by atoms with Gasteiger partial charge in [-0.15, -0.1) is 0 Å². The van der Waals surface area contributed by atoms with Crippen LogP contribution in [0.25, 0.3) is 0 Å². The van der Waals surface area contributed by atoms with Crippen LogP contribution in [0.3, 0.4) is 0 Å². The van der Waals surface area contributed by atoms with Gasteiger partial charge in [0.2, 0.25) is 11.8 Å². The number of rotatable bonds is 11. The summed E-state index contributed by atoms with van der Waals surface area (Å²) in [7, 11) is 0. The van der Waals surface area contributed by atoms with Crippen molar-refractivity contribution in [1.82, 2.24) is 10.2 Å². The van der Waals surface area contributed by atoms with E-state index in [0.717, 1.165) is 24.0 Å². The summed E-state index contributed by atoms with van der Waals surface area (Å²) in [5.41, 5.74) is 1.96. The summed E-state index contributed by atoms with van der Waals surface area (Å²) in [6, 6.07) is 16.9. The van der Waals surface area contributed by atoms with Gasteiger partial charge in [0.25, 0.3) is 0 Å². The molecule has 0 saturated heterocycles. The number of halogens is 1. The second-order valence-electron chi connectivity index (χ2n) is 7.17. The van der Waals surface area contributed by atoms with Crippen molar-refractivity contribution in [3.05, 3.63) is 70.7 Å². The number of nitrogens with one attached hydrogen (secondary N) is 1. The van der Waals surface area contributed by atoms with Gasteiger partial charge in [-0.3, -0.25) is 9.59 Å². The molecule has 0 unspecified atom stereocenters. The molecule has 0 fully saturated rings. The Morgan fingerprint density at radius 3 is 2.38 bits per heavy atom. The molecule has 0 saturated carbocycles. The number of aryl methyl sites for hydroxylation is 1. The van der Waals surface area contributed by atoms with E-state index in [1.54, 1.807) is 4.90 Å². The Morgan fingerprint density at radius 1 is 1.03 bits per heavy atom. The molecule has 29 heavy (non-hydrogen) atoms. The Balaban J connectivity index is 2.15. The highest BCUT2D eigenvalue weighted by Crippen LogP contribution is 2.19. The number of nitrogens with zero attached hydrogens (tertiary/aromatic N) is 1. The predicted octanol–water partition coefficient (Wildman–Crippen LogP) is 5.00. The maximum absolute atomic E-state index is 13.2. The number of hydrogen-bond donors (Lipinski definition) is 1. The van der Waals surface area contributed by atoms with Crippen molar-refractivity contribution in [3.8, 4) is 0 Å². The van der Waals surface area contributed by atoms with Gasteiger partial charge in [-0.2, -0.15) is 0 Å². The quantitative estimate of drug-likeness (QED) is 0.526. The van der Waals surface area contributed by atoms with Crippen molar-refractivity contribution >= 4 is 23.4 Å². The van der Waals surface area contributed by atoms with Crippen LogP contribution in [0.1, 0.15) is 50.7 Å². The first-order valence-corrected chi connectivity index (χ1v) is 10.8. The lowest BCUT2D eigenvalue weighted by atomic mass is 10.1. The van der Waals surface area contributed by atoms with Crippen LogP contribution in [0.15, 0.2) is 54.6 Å². The molecule has 0 aliphatic rings. The second kappa shape index (κ2) is 12.3. The van der Waals surface area contributed by atoms with E-state index in [-0.39, 0.29) is 11.8 Å². The lowest BCUT2D eigenvalue weighted by Crippen LogP contribution is -2.49. The van der Waals surface area contributed by atoms with Gasteiger partial charge in [-0.1, -0.05) is 80.4 Å². The minimum Gasteiger partial charge on any atom is -0.354 e. The van der Waals surface area contributed by atoms with Crippen LogP contribution < -0.4 is 5.32 Å². The number of carbonyl (C=O) groups excluding carboxylic acids is 2. The molecule has 0 spiro atoms. The third-order valence-electron chi connectivity index (χ3n) is 4.98. The molecule has 0 aliphatic carbocycles. The van der Waals surface area contributed by atoms with E-state index >= 15 is 0 Å². The summed E-state index contributed by atoms with van der Waals surface area (Å²) in [5, 5.41) is 3.65. The summed E-state index contributed by atoms with van der Waals surface area (Å²) in [4.78, 5) is 27.7. The Morgan fingerprint density at radius 2 is 1.72 bits per heavy atom. The first-order valence-electron chi connectivity index (χ1n) is 10.4. The molecule has 2 amide bonds. The van der Waals surface area contributed by atoms with Crippen molar-refractivity contribution in [2.45, 2.75) is 58.5 Å². The van der Waals surface area contributed by atoms with Crippen molar-refractivity contribution in [2.24, 2.45) is 0 Å². The minimum absolute atomic E-state index is 0.0359. The van der Waals surface area contributed by atoms with Crippen LogP contribution in [0, 0.1) is 0 Å². The smallest absolute Gasteiger partial charge is 0.242 e. The standard InChI is InChI=1S/C24H31ClN2O2/c1-3-5-17-26-24(29)22(4-2)27(18-19-11-7-6-8-12-19)23(28)16-15-20-13-9-10-14-21(20)25/h6-14,22H,3-5,15-18H2,1-2H3,(H,26,29)/t22-/m0/s1. The predicted molar refractivity (Wildman–Crippen MR) is 119 cm³/mol. The van der Waals surface area contributed by atoms with Gasteiger partial charge in [0.15, 0.2) is 0 Å². The fourth-order valence-corrected chi connectivity index (χ4v) is 3.52. The maximum atomic E-state index is 13.2. The van der Waals surface area contributed by atoms with Crippen LogP contribution in [0.4, 0.5) is 0 Å².